The van der Waals surface area contributed by atoms with Crippen molar-refractivity contribution in [2.45, 2.75) is 43.9 Å². The van der Waals surface area contributed by atoms with Crippen molar-refractivity contribution in [2.24, 2.45) is 0 Å². The van der Waals surface area contributed by atoms with Gasteiger partial charge in [0.05, 0.1) is 0 Å². The maximum absolute atomic E-state index is 8.41. The molecule has 223 valence electrons. The third kappa shape index (κ3) is 6.60. The van der Waals surface area contributed by atoms with Crippen LogP contribution in [0.15, 0.2) is 103 Å². The van der Waals surface area contributed by atoms with Crippen molar-refractivity contribution < 1.29 is 21.5 Å². The van der Waals surface area contributed by atoms with Gasteiger partial charge in [-0.05, 0) is 40.6 Å². The molecule has 4 aromatic carbocycles. The Kier molecular flexibility index (Phi) is 9.44. The Morgan fingerprint density at radius 2 is 1.64 bits per heavy atom. The largest absolute Gasteiger partial charge is 0 e. The van der Waals surface area contributed by atoms with E-state index in [9.17, 15) is 0 Å². The topological polar surface area (TPSA) is 25.8 Å². The van der Waals surface area contributed by atoms with E-state index in [2.05, 4.69) is 101 Å². The standard InChI is InChI=1S/C25H20NS.C14H16GeN.Ir/c1-15(2)17-11-12-26-21(14-17)20-13-18-8-6-7-16(3)23(18)24-19-9-4-5-10-22(19)27-25(20)24;1-15(2,3)13-9-10-14(16-11-13)12-7-5-4-6-8-12;/h4-12,14-15H,1-3H3;4-7,9-11H,1-3H3;/q2*-1;/i15D;;. The van der Waals surface area contributed by atoms with Crippen molar-refractivity contribution in [2.75, 3.05) is 0 Å². The molecule has 0 saturated carbocycles. The average Bonchev–Trinajstić information content (AvgIpc) is 3.40. The second-order valence-electron chi connectivity index (χ2n) is 12.2. The minimum absolute atomic E-state index is 0. The van der Waals surface area contributed by atoms with Gasteiger partial charge in [0.15, 0.2) is 0 Å². The van der Waals surface area contributed by atoms with Crippen LogP contribution in [0.25, 0.3) is 53.5 Å². The molecule has 0 aliphatic carbocycles. The molecular formula is C39H36GeIrN2S-2. The van der Waals surface area contributed by atoms with Crippen molar-refractivity contribution in [3.8, 4) is 22.5 Å². The first-order valence-corrected chi connectivity index (χ1v) is 22.8. The first-order chi connectivity index (χ1) is 21.0. The summed E-state index contributed by atoms with van der Waals surface area (Å²) in [4.78, 5) is 9.20. The zero-order valence-electron chi connectivity index (χ0n) is 27.0. The molecule has 7 aromatic rings. The van der Waals surface area contributed by atoms with Gasteiger partial charge < -0.3 is 0 Å². The maximum atomic E-state index is 8.41. The van der Waals surface area contributed by atoms with Gasteiger partial charge in [0.1, 0.15) is 0 Å². The minimum atomic E-state index is -1.72. The number of hydrogen-bond donors (Lipinski definition) is 0. The van der Waals surface area contributed by atoms with Crippen LogP contribution in [0.2, 0.25) is 17.3 Å². The van der Waals surface area contributed by atoms with E-state index >= 15 is 0 Å². The number of benzene rings is 4. The van der Waals surface area contributed by atoms with Gasteiger partial charge in [-0.1, -0.05) is 72.1 Å². The van der Waals surface area contributed by atoms with Gasteiger partial charge in [-0.15, -0.1) is 17.5 Å². The monoisotopic (exact) mass is 832 g/mol. The van der Waals surface area contributed by atoms with E-state index in [0.29, 0.717) is 0 Å². The van der Waals surface area contributed by atoms with Gasteiger partial charge in [0, 0.05) is 38.1 Å². The van der Waals surface area contributed by atoms with Gasteiger partial charge in [-0.2, -0.15) is 11.3 Å². The summed E-state index contributed by atoms with van der Waals surface area (Å²) in [5, 5.41) is 4.97. The summed E-state index contributed by atoms with van der Waals surface area (Å²) in [5.41, 5.74) is 6.22. The van der Waals surface area contributed by atoms with Crippen LogP contribution in [-0.2, 0) is 20.1 Å². The molecule has 0 aliphatic rings. The van der Waals surface area contributed by atoms with Gasteiger partial charge in [0.25, 0.3) is 0 Å². The summed E-state index contributed by atoms with van der Waals surface area (Å²) in [6, 6.07) is 38.1. The normalized spacial score (nSPS) is 12.0. The molecule has 0 amide bonds. The molecule has 0 unspecified atom stereocenters. The van der Waals surface area contributed by atoms with E-state index in [1.165, 1.54) is 35.5 Å². The molecule has 0 N–H and O–H groups in total. The third-order valence-corrected chi connectivity index (χ3v) is 13.3. The second-order valence-corrected chi connectivity index (χ2v) is 23.9. The van der Waals surface area contributed by atoms with Gasteiger partial charge in [-0.25, -0.2) is 0 Å². The summed E-state index contributed by atoms with van der Waals surface area (Å²) in [6.45, 7) is 5.99. The molecule has 3 heterocycles. The molecular weight excluding hydrogens is 793 g/mol. The van der Waals surface area contributed by atoms with Gasteiger partial charge >= 0.3 is 99.8 Å². The molecule has 44 heavy (non-hydrogen) atoms. The SMILES string of the molecule is [2H]C(C)(C)c1ccnc(-c2[c-]c3cccc(C)c3c3c2sc2ccccc23)c1.[CH3][Ge]([CH3])([CH3])[c]1ccc(-c2[c-]cccc2)nc1.[Ir]. The maximum Gasteiger partial charge on any atom is 0 e. The first-order valence-electron chi connectivity index (χ1n) is 15.2. The van der Waals surface area contributed by atoms with Crippen molar-refractivity contribution in [1.82, 2.24) is 9.97 Å². The van der Waals surface area contributed by atoms with E-state index in [-0.39, 0.29) is 20.1 Å². The molecule has 5 heteroatoms. The Bertz CT molecular complexity index is 2090. The van der Waals surface area contributed by atoms with Crippen LogP contribution in [0.5, 0.6) is 0 Å². The number of pyridine rings is 2. The first kappa shape index (κ1) is 30.9. The van der Waals surface area contributed by atoms with E-state index in [0.717, 1.165) is 33.5 Å². The number of hydrogen-bond acceptors (Lipinski definition) is 3. The molecule has 1 radical (unpaired) electrons. The van der Waals surface area contributed by atoms with Crippen LogP contribution in [-0.4, -0.2) is 23.2 Å². The Morgan fingerprint density at radius 1 is 0.841 bits per heavy atom. The fourth-order valence-corrected chi connectivity index (χ4v) is 8.76. The summed E-state index contributed by atoms with van der Waals surface area (Å²) >= 11 is 0.0860. The van der Waals surface area contributed by atoms with Crippen LogP contribution in [0, 0.1) is 19.1 Å². The number of aryl methyl sites for hydroxylation is 1. The van der Waals surface area contributed by atoms with Crippen LogP contribution >= 0.6 is 11.3 Å². The molecule has 0 atom stereocenters. The zero-order chi connectivity index (χ0) is 31.1. The predicted molar refractivity (Wildman–Crippen MR) is 189 cm³/mol. The average molecular weight is 831 g/mol. The fraction of sp³-hybridized carbons (Fsp3) is 0.179. The van der Waals surface area contributed by atoms with E-state index in [4.69, 9.17) is 1.37 Å². The molecule has 3 aromatic heterocycles. The molecule has 2 nitrogen and oxygen atoms in total. The number of thiophene rings is 1. The number of rotatable bonds is 4. The molecule has 0 spiro atoms. The second kappa shape index (κ2) is 13.5. The smallest absolute Gasteiger partial charge is 0 e. The number of fused-ring (bicyclic) bond motifs is 5. The van der Waals surface area contributed by atoms with Gasteiger partial charge in [0.2, 0.25) is 0 Å². The number of aromatic nitrogens is 2. The Balaban J connectivity index is 0.000000202. The number of nitrogens with zero attached hydrogens (tertiary/aromatic N) is 2. The summed E-state index contributed by atoms with van der Waals surface area (Å²) in [7, 11) is 0. The summed E-state index contributed by atoms with van der Waals surface area (Å²) in [6.07, 6.45) is 3.85. The van der Waals surface area contributed by atoms with E-state index < -0.39 is 19.2 Å². The molecule has 0 bridgehead atoms. The Labute approximate surface area is 282 Å². The molecule has 7 rings (SSSR count). The predicted octanol–water partition coefficient (Wildman–Crippen LogP) is 10.6. The quantitative estimate of drug-likeness (QED) is 0.130. The van der Waals surface area contributed by atoms with Crippen molar-refractivity contribution >= 4 is 59.9 Å². The van der Waals surface area contributed by atoms with Crippen molar-refractivity contribution in [3.05, 3.63) is 127 Å². The van der Waals surface area contributed by atoms with Crippen LogP contribution in [0.3, 0.4) is 0 Å². The molecule has 0 saturated heterocycles. The van der Waals surface area contributed by atoms with E-state index in [1.807, 2.05) is 62.6 Å². The summed E-state index contributed by atoms with van der Waals surface area (Å²) in [5.74, 6) is 6.48. The Morgan fingerprint density at radius 3 is 2.34 bits per heavy atom. The van der Waals surface area contributed by atoms with Crippen molar-refractivity contribution in [3.63, 3.8) is 0 Å². The molecule has 0 fully saturated rings. The Hall–Kier alpha value is -3.15. The van der Waals surface area contributed by atoms with Crippen LogP contribution in [0.4, 0.5) is 0 Å². The van der Waals surface area contributed by atoms with Crippen molar-refractivity contribution in [1.29, 1.82) is 0 Å². The summed E-state index contributed by atoms with van der Waals surface area (Å²) < 4.78 is 12.3. The van der Waals surface area contributed by atoms with Crippen LogP contribution < -0.4 is 4.40 Å². The zero-order valence-corrected chi connectivity index (χ0v) is 31.3. The van der Waals surface area contributed by atoms with Gasteiger partial charge in [-0.3, -0.25) is 4.98 Å². The van der Waals surface area contributed by atoms with E-state index in [1.54, 1.807) is 11.3 Å². The minimum Gasteiger partial charge on any atom is 0 e. The molecule has 0 aliphatic heterocycles. The fourth-order valence-electron chi connectivity index (χ4n) is 5.37. The van der Waals surface area contributed by atoms with Crippen LogP contribution in [0.1, 0.15) is 32.2 Å². The third-order valence-electron chi connectivity index (χ3n) is 7.81.